The fraction of sp³-hybridized carbons (Fsp3) is 0.480. The Hall–Kier alpha value is -3.20. The maximum atomic E-state index is 13.5. The minimum absolute atomic E-state index is 0.0576. The molecule has 3 aromatic rings. The smallest absolute Gasteiger partial charge is 0.274 e. The number of imidazole rings is 1. The van der Waals surface area contributed by atoms with Gasteiger partial charge in [0.15, 0.2) is 0 Å². The lowest BCUT2D eigenvalue weighted by atomic mass is 9.62. The number of hydrogen-bond donors (Lipinski definition) is 1. The van der Waals surface area contributed by atoms with E-state index in [1.807, 2.05) is 24.4 Å². The van der Waals surface area contributed by atoms with E-state index in [1.54, 1.807) is 24.5 Å². The zero-order valence-electron chi connectivity index (χ0n) is 19.4. The van der Waals surface area contributed by atoms with Crippen LogP contribution in [0.25, 0.3) is 5.65 Å². The van der Waals surface area contributed by atoms with Crippen molar-refractivity contribution in [1.29, 1.82) is 0 Å². The molecular weight excluding hydrogens is 439 g/mol. The highest BCUT2D eigenvalue weighted by Gasteiger charge is 2.61. The number of amides is 1. The Bertz CT molecular complexity index is 1370. The van der Waals surface area contributed by atoms with Crippen LogP contribution >= 0.6 is 0 Å². The van der Waals surface area contributed by atoms with Crippen molar-refractivity contribution in [2.24, 2.45) is 0 Å². The van der Waals surface area contributed by atoms with Gasteiger partial charge in [0.1, 0.15) is 23.3 Å². The van der Waals surface area contributed by atoms with Gasteiger partial charge in [-0.25, -0.2) is 9.37 Å². The summed E-state index contributed by atoms with van der Waals surface area (Å²) in [6.07, 6.45) is 6.18. The molecule has 5 heterocycles. The molecule has 2 atom stereocenters. The Balaban J connectivity index is 1.35. The number of anilines is 1. The summed E-state index contributed by atoms with van der Waals surface area (Å²) in [4.78, 5) is 30.9. The van der Waals surface area contributed by atoms with Crippen molar-refractivity contribution < 1.29 is 18.7 Å². The van der Waals surface area contributed by atoms with Gasteiger partial charge in [0.2, 0.25) is 0 Å². The minimum atomic E-state index is -1.02. The monoisotopic (exact) mass is 466 g/mol. The van der Waals surface area contributed by atoms with Crippen LogP contribution in [0.3, 0.4) is 0 Å². The normalized spacial score (nSPS) is 29.3. The van der Waals surface area contributed by atoms with Crippen LogP contribution in [0.5, 0.6) is 5.75 Å². The number of carbonyl (C=O) groups excluding carboxylic acids is 1. The zero-order chi connectivity index (χ0) is 23.8. The Morgan fingerprint density at radius 2 is 2.12 bits per heavy atom. The van der Waals surface area contributed by atoms with Gasteiger partial charge in [-0.1, -0.05) is 0 Å². The van der Waals surface area contributed by atoms with Crippen molar-refractivity contribution in [2.45, 2.75) is 69.4 Å². The number of halogens is 1. The van der Waals surface area contributed by atoms with Gasteiger partial charge in [-0.3, -0.25) is 9.59 Å². The molecule has 1 N–H and O–H groups in total. The maximum Gasteiger partial charge on any atom is 0.274 e. The SMILES string of the molecule is CC(C)Oc1cc2nc(C34COC(C)(C3)C4)cn2cc1C(=O)Nc1cccn([C@H]2C[C@@H]2F)c1=O. The molecule has 2 aliphatic carbocycles. The average Bonchev–Trinajstić information content (AvgIpc) is 3.08. The second kappa shape index (κ2) is 7.15. The predicted octanol–water partition coefficient (Wildman–Crippen LogP) is 3.64. The summed E-state index contributed by atoms with van der Waals surface area (Å²) < 4.78 is 28.5. The summed E-state index contributed by atoms with van der Waals surface area (Å²) in [6, 6.07) is 4.45. The molecule has 1 amide bonds. The number of pyridine rings is 2. The molecule has 2 bridgehead atoms. The van der Waals surface area contributed by atoms with Crippen molar-refractivity contribution in [3.63, 3.8) is 0 Å². The van der Waals surface area contributed by atoms with E-state index < -0.39 is 23.7 Å². The van der Waals surface area contributed by atoms with E-state index in [-0.39, 0.29) is 28.4 Å². The first-order valence-corrected chi connectivity index (χ1v) is 11.7. The number of carbonyl (C=O) groups is 1. The van der Waals surface area contributed by atoms with E-state index in [2.05, 4.69) is 12.2 Å². The van der Waals surface area contributed by atoms with Gasteiger partial charge in [-0.05, 0) is 45.7 Å². The summed E-state index contributed by atoms with van der Waals surface area (Å²) in [5.41, 5.74) is 1.46. The summed E-state index contributed by atoms with van der Waals surface area (Å²) >= 11 is 0. The van der Waals surface area contributed by atoms with Crippen LogP contribution in [-0.2, 0) is 10.2 Å². The summed E-state index contributed by atoms with van der Waals surface area (Å²) in [7, 11) is 0. The molecule has 2 aliphatic heterocycles. The van der Waals surface area contributed by atoms with E-state index >= 15 is 0 Å². The first-order valence-electron chi connectivity index (χ1n) is 11.7. The highest BCUT2D eigenvalue weighted by molar-refractivity contribution is 6.06. The third-order valence-electron chi connectivity index (χ3n) is 7.09. The number of ether oxygens (including phenoxy) is 2. The molecule has 2 saturated heterocycles. The molecule has 178 valence electrons. The minimum Gasteiger partial charge on any atom is -0.490 e. The van der Waals surface area contributed by atoms with Gasteiger partial charge < -0.3 is 23.8 Å². The number of rotatable bonds is 6. The van der Waals surface area contributed by atoms with E-state index in [9.17, 15) is 14.0 Å². The van der Waals surface area contributed by atoms with E-state index in [4.69, 9.17) is 14.5 Å². The quantitative estimate of drug-likeness (QED) is 0.600. The van der Waals surface area contributed by atoms with Crippen molar-refractivity contribution in [1.82, 2.24) is 14.0 Å². The number of alkyl halides is 1. The maximum absolute atomic E-state index is 13.5. The summed E-state index contributed by atoms with van der Waals surface area (Å²) in [5.74, 6) is -0.0909. The second-order valence-electron chi connectivity index (χ2n) is 10.4. The Labute approximate surface area is 195 Å². The lowest BCUT2D eigenvalue weighted by Crippen LogP contribution is -2.45. The predicted molar refractivity (Wildman–Crippen MR) is 123 cm³/mol. The third kappa shape index (κ3) is 3.33. The largest absolute Gasteiger partial charge is 0.490 e. The van der Waals surface area contributed by atoms with E-state index in [0.717, 1.165) is 18.5 Å². The molecule has 2 saturated carbocycles. The van der Waals surface area contributed by atoms with Gasteiger partial charge in [0.05, 0.1) is 35.6 Å². The Morgan fingerprint density at radius 1 is 1.35 bits per heavy atom. The fourth-order valence-corrected chi connectivity index (χ4v) is 5.44. The van der Waals surface area contributed by atoms with Crippen LogP contribution in [0.15, 0.2) is 41.6 Å². The molecule has 9 heteroatoms. The number of fused-ring (bicyclic) bond motifs is 2. The first-order chi connectivity index (χ1) is 16.2. The fourth-order valence-electron chi connectivity index (χ4n) is 5.44. The molecular formula is C25H27FN4O4. The number of nitrogens with zero attached hydrogens (tertiary/aromatic N) is 3. The highest BCUT2D eigenvalue weighted by atomic mass is 19.1. The molecule has 34 heavy (non-hydrogen) atoms. The molecule has 0 aromatic carbocycles. The van der Waals surface area contributed by atoms with Crippen LogP contribution in [0.1, 0.15) is 62.1 Å². The average molecular weight is 467 g/mol. The molecule has 4 fully saturated rings. The molecule has 0 radical (unpaired) electrons. The van der Waals surface area contributed by atoms with Crippen LogP contribution in [0.4, 0.5) is 10.1 Å². The Kier molecular flexibility index (Phi) is 4.49. The molecule has 0 spiro atoms. The molecule has 7 rings (SSSR count). The summed E-state index contributed by atoms with van der Waals surface area (Å²) in [6.45, 7) is 6.54. The molecule has 0 unspecified atom stereocenters. The lowest BCUT2D eigenvalue weighted by molar-refractivity contribution is 0.0154. The molecule has 8 nitrogen and oxygen atoms in total. The van der Waals surface area contributed by atoms with Crippen molar-refractivity contribution in [3.05, 3.63) is 58.4 Å². The van der Waals surface area contributed by atoms with E-state index in [1.165, 1.54) is 10.6 Å². The van der Waals surface area contributed by atoms with Crippen molar-refractivity contribution in [2.75, 3.05) is 11.9 Å². The lowest BCUT2D eigenvalue weighted by Gasteiger charge is -2.41. The van der Waals surface area contributed by atoms with Crippen LogP contribution in [-0.4, -0.2) is 44.3 Å². The number of nitrogens with one attached hydrogen (secondary N) is 1. The number of hydrogen-bond acceptors (Lipinski definition) is 5. The van der Waals surface area contributed by atoms with Crippen LogP contribution in [0, 0.1) is 0 Å². The highest BCUT2D eigenvalue weighted by Crippen LogP contribution is 2.58. The van der Waals surface area contributed by atoms with Gasteiger partial charge >= 0.3 is 0 Å². The third-order valence-corrected chi connectivity index (χ3v) is 7.09. The van der Waals surface area contributed by atoms with E-state index in [0.29, 0.717) is 24.4 Å². The topological polar surface area (TPSA) is 86.9 Å². The number of aromatic nitrogens is 3. The Morgan fingerprint density at radius 3 is 2.76 bits per heavy atom. The van der Waals surface area contributed by atoms with Gasteiger partial charge in [0, 0.05) is 36.5 Å². The molecule has 4 aliphatic rings. The standard InChI is InChI=1S/C25H27FN4O4/c1-14(2)34-19-8-21-28-20(25-11-24(3,12-25)33-13-25)10-29(21)9-15(19)22(31)27-17-5-4-6-30(23(17)32)18-7-16(18)26/h4-6,8-10,14,16,18H,7,11-13H2,1-3H3,(H,27,31)/t16-,18-,24?,25?/m0/s1. The van der Waals surface area contributed by atoms with Crippen molar-refractivity contribution in [3.8, 4) is 5.75 Å². The van der Waals surface area contributed by atoms with Gasteiger partial charge in [-0.2, -0.15) is 0 Å². The van der Waals surface area contributed by atoms with Gasteiger partial charge in [0.25, 0.3) is 11.5 Å². The second-order valence-corrected chi connectivity index (χ2v) is 10.4. The van der Waals surface area contributed by atoms with Gasteiger partial charge in [-0.15, -0.1) is 0 Å². The summed E-state index contributed by atoms with van der Waals surface area (Å²) in [5, 5.41) is 2.70. The molecule has 3 aromatic heterocycles. The van der Waals surface area contributed by atoms with Crippen LogP contribution in [0.2, 0.25) is 0 Å². The van der Waals surface area contributed by atoms with Crippen LogP contribution < -0.4 is 15.6 Å². The zero-order valence-corrected chi connectivity index (χ0v) is 19.4. The van der Waals surface area contributed by atoms with Crippen molar-refractivity contribution >= 4 is 17.2 Å². The first kappa shape index (κ1) is 21.3.